The number of carbonyl (C=O) groups excluding carboxylic acids is 4. The van der Waals surface area contributed by atoms with Crippen molar-refractivity contribution in [2.75, 3.05) is 13.2 Å². The van der Waals surface area contributed by atoms with Crippen LogP contribution in [0.1, 0.15) is 135 Å². The van der Waals surface area contributed by atoms with Gasteiger partial charge in [0.05, 0.1) is 30.6 Å². The average molecular weight is 897 g/mol. The molecule has 0 spiro atoms. The van der Waals surface area contributed by atoms with Gasteiger partial charge in [0.15, 0.2) is 5.60 Å². The van der Waals surface area contributed by atoms with Crippen molar-refractivity contribution in [2.45, 2.75) is 102 Å². The minimum Gasteiger partial charge on any atom is -0.465 e. The zero-order chi connectivity index (χ0) is 46.9. The molecule has 3 aliphatic rings. The molecule has 0 heterocycles. The van der Waals surface area contributed by atoms with E-state index in [1.807, 2.05) is 78.9 Å². The normalized spacial score (nSPS) is 22.4. The van der Waals surface area contributed by atoms with Gasteiger partial charge in [-0.15, -0.1) is 6.42 Å². The average Bonchev–Trinajstić information content (AvgIpc) is 3.37. The Bertz CT molecular complexity index is 2480. The molecule has 0 unspecified atom stereocenters. The molecule has 0 bridgehead atoms. The molecule has 0 N–H and O–H groups in total. The summed E-state index contributed by atoms with van der Waals surface area (Å²) in [5, 5.41) is 0. The molecule has 3 saturated carbocycles. The Kier molecular flexibility index (Phi) is 17.3. The number of benzene rings is 4. The van der Waals surface area contributed by atoms with Crippen molar-refractivity contribution in [1.29, 1.82) is 0 Å². The number of terminal acetylenes is 1. The van der Waals surface area contributed by atoms with E-state index in [0.29, 0.717) is 74.5 Å². The van der Waals surface area contributed by atoms with Crippen LogP contribution >= 0.6 is 0 Å². The second-order valence-electron chi connectivity index (χ2n) is 18.3. The van der Waals surface area contributed by atoms with Crippen LogP contribution in [0.15, 0.2) is 109 Å². The first-order chi connectivity index (χ1) is 32.6. The third-order valence-electron chi connectivity index (χ3n) is 13.5. The van der Waals surface area contributed by atoms with E-state index in [-0.39, 0.29) is 37.0 Å². The summed E-state index contributed by atoms with van der Waals surface area (Å²) < 4.78 is 22.9. The predicted molar refractivity (Wildman–Crippen MR) is 259 cm³/mol. The number of esters is 4. The molecule has 344 valence electrons. The molecule has 3 aliphatic carbocycles. The van der Waals surface area contributed by atoms with Crippen molar-refractivity contribution in [2.24, 2.45) is 29.6 Å². The van der Waals surface area contributed by atoms with Crippen LogP contribution < -0.4 is 4.74 Å². The largest absolute Gasteiger partial charge is 0.465 e. The third kappa shape index (κ3) is 14.6. The Labute approximate surface area is 396 Å². The molecule has 3 fully saturated rings. The van der Waals surface area contributed by atoms with Crippen LogP contribution in [0.5, 0.6) is 5.75 Å². The summed E-state index contributed by atoms with van der Waals surface area (Å²) in [7, 11) is 0. The molecule has 0 aliphatic heterocycles. The lowest BCUT2D eigenvalue weighted by Crippen LogP contribution is -2.39. The summed E-state index contributed by atoms with van der Waals surface area (Å²) in [5.41, 5.74) is 3.73. The monoisotopic (exact) mass is 896 g/mol. The molecule has 4 aromatic carbocycles. The Morgan fingerprint density at radius 3 is 1.75 bits per heavy atom. The van der Waals surface area contributed by atoms with Gasteiger partial charge in [0, 0.05) is 28.3 Å². The van der Waals surface area contributed by atoms with Crippen molar-refractivity contribution in [3.63, 3.8) is 0 Å². The molecular weight excluding hydrogens is 837 g/mol. The maximum absolute atomic E-state index is 13.8. The van der Waals surface area contributed by atoms with E-state index in [1.54, 1.807) is 30.3 Å². The molecule has 0 radical (unpaired) electrons. The molecule has 0 aromatic heterocycles. The van der Waals surface area contributed by atoms with Gasteiger partial charge in [-0.05, 0) is 185 Å². The van der Waals surface area contributed by atoms with Crippen molar-refractivity contribution in [1.82, 2.24) is 0 Å². The van der Waals surface area contributed by atoms with Crippen molar-refractivity contribution in [3.8, 4) is 41.8 Å². The minimum atomic E-state index is -0.924. The van der Waals surface area contributed by atoms with E-state index >= 15 is 0 Å². The van der Waals surface area contributed by atoms with E-state index in [1.165, 1.54) is 31.8 Å². The van der Waals surface area contributed by atoms with Gasteiger partial charge in [0.1, 0.15) is 5.75 Å². The topological polar surface area (TPSA) is 105 Å². The standard InChI is InChI=1S/C59H60O8/c1-3-44-13-15-46(16-14-44)17-18-47-19-21-48(22-20-47)35-38-59(39-36-50(37-40-59)49-24-11-43(2)12-25-49)67-58(63)53-30-32-54(33-31-53)66-57(62)52-28-26-51(27-29-52)56(61)65-42-8-7-41-64-55(60)34-23-45-9-5-4-6-10-45/h1,4-6,9-10,13-16,19-23,30-34,43,49-52H,7-8,11-12,24-29,36-37,39-42H2,2H3/b34-23+. The molecular formula is C59H60O8. The fraction of sp³-hybridized carbons (Fsp3) is 0.390. The summed E-state index contributed by atoms with van der Waals surface area (Å²) in [6, 6.07) is 31.4. The van der Waals surface area contributed by atoms with Gasteiger partial charge in [-0.2, -0.15) is 0 Å². The smallest absolute Gasteiger partial charge is 0.339 e. The SMILES string of the molecule is C#Cc1ccc(C#Cc2ccc(C#CC3(OC(=O)c4ccc(OC(=O)C5CCC(C(=O)OCCCCOC(=O)/C=C/c6ccccc6)CC5)cc4)CCC(C4CCC(C)CC4)CC3)cc2)cc1. The number of unbranched alkanes of at least 4 members (excludes halogenated alkanes) is 1. The Morgan fingerprint density at radius 2 is 1.15 bits per heavy atom. The number of hydrogen-bond acceptors (Lipinski definition) is 8. The predicted octanol–water partition coefficient (Wildman–Crippen LogP) is 11.3. The first-order valence-electron chi connectivity index (χ1n) is 24.0. The zero-order valence-corrected chi connectivity index (χ0v) is 38.5. The van der Waals surface area contributed by atoms with E-state index < -0.39 is 17.5 Å². The number of hydrogen-bond donors (Lipinski definition) is 0. The second kappa shape index (κ2) is 24.1. The summed E-state index contributed by atoms with van der Waals surface area (Å²) in [6.45, 7) is 2.84. The first kappa shape index (κ1) is 48.1. The summed E-state index contributed by atoms with van der Waals surface area (Å²) >= 11 is 0. The van der Waals surface area contributed by atoms with E-state index in [9.17, 15) is 19.2 Å². The molecule has 67 heavy (non-hydrogen) atoms. The number of carbonyl (C=O) groups is 4. The highest BCUT2D eigenvalue weighted by Crippen LogP contribution is 2.44. The second-order valence-corrected chi connectivity index (χ2v) is 18.3. The highest BCUT2D eigenvalue weighted by atomic mass is 16.6. The maximum Gasteiger partial charge on any atom is 0.339 e. The van der Waals surface area contributed by atoms with Crippen molar-refractivity contribution >= 4 is 30.0 Å². The van der Waals surface area contributed by atoms with Crippen molar-refractivity contribution in [3.05, 3.63) is 143 Å². The van der Waals surface area contributed by atoms with Gasteiger partial charge in [0.2, 0.25) is 0 Å². The van der Waals surface area contributed by atoms with Crippen LogP contribution in [-0.2, 0) is 28.6 Å². The summed E-state index contributed by atoms with van der Waals surface area (Å²) in [4.78, 5) is 51.7. The summed E-state index contributed by atoms with van der Waals surface area (Å²) in [5.74, 6) is 16.1. The Morgan fingerprint density at radius 1 is 0.612 bits per heavy atom. The van der Waals surface area contributed by atoms with Gasteiger partial charge in [-0.25, -0.2) is 9.59 Å². The van der Waals surface area contributed by atoms with E-state index in [2.05, 4.69) is 36.5 Å². The lowest BCUT2D eigenvalue weighted by Gasteiger charge is -2.40. The van der Waals surface area contributed by atoms with Gasteiger partial charge in [-0.1, -0.05) is 73.8 Å². The molecule has 0 amide bonds. The van der Waals surface area contributed by atoms with Gasteiger partial charge < -0.3 is 18.9 Å². The molecule has 8 nitrogen and oxygen atoms in total. The first-order valence-corrected chi connectivity index (χ1v) is 24.0. The maximum atomic E-state index is 13.8. The molecule has 0 saturated heterocycles. The van der Waals surface area contributed by atoms with Gasteiger partial charge in [-0.3, -0.25) is 9.59 Å². The van der Waals surface area contributed by atoms with E-state index in [4.69, 9.17) is 25.4 Å². The highest BCUT2D eigenvalue weighted by Gasteiger charge is 2.40. The van der Waals surface area contributed by atoms with Crippen LogP contribution in [0.2, 0.25) is 0 Å². The van der Waals surface area contributed by atoms with E-state index in [0.717, 1.165) is 46.6 Å². The molecule has 4 aromatic rings. The summed E-state index contributed by atoms with van der Waals surface area (Å²) in [6.07, 6.45) is 20.2. The third-order valence-corrected chi connectivity index (χ3v) is 13.5. The zero-order valence-electron chi connectivity index (χ0n) is 38.5. The lowest BCUT2D eigenvalue weighted by atomic mass is 9.68. The number of ether oxygens (including phenoxy) is 4. The van der Waals surface area contributed by atoms with Crippen LogP contribution in [0.3, 0.4) is 0 Å². The Balaban J connectivity index is 0.872. The quantitative estimate of drug-likeness (QED) is 0.0326. The van der Waals surface area contributed by atoms with Gasteiger partial charge >= 0.3 is 23.9 Å². The van der Waals surface area contributed by atoms with Crippen LogP contribution in [0.4, 0.5) is 0 Å². The van der Waals surface area contributed by atoms with Crippen LogP contribution in [-0.4, -0.2) is 42.7 Å². The molecule has 0 atom stereocenters. The lowest BCUT2D eigenvalue weighted by molar-refractivity contribution is -0.152. The molecule has 8 heteroatoms. The van der Waals surface area contributed by atoms with Crippen molar-refractivity contribution < 1.29 is 38.1 Å². The van der Waals surface area contributed by atoms with Crippen LogP contribution in [0.25, 0.3) is 6.08 Å². The van der Waals surface area contributed by atoms with Crippen LogP contribution in [0, 0.1) is 65.6 Å². The van der Waals surface area contributed by atoms with Gasteiger partial charge in [0.25, 0.3) is 0 Å². The minimum absolute atomic E-state index is 0.243. The fourth-order valence-corrected chi connectivity index (χ4v) is 9.31. The fourth-order valence-electron chi connectivity index (χ4n) is 9.31. The Hall–Kier alpha value is -6.82. The molecule has 7 rings (SSSR count). The number of rotatable bonds is 13. The highest BCUT2D eigenvalue weighted by molar-refractivity contribution is 5.90.